The summed E-state index contributed by atoms with van der Waals surface area (Å²) in [4.78, 5) is 26.4. The van der Waals surface area contributed by atoms with Crippen molar-refractivity contribution in [2.45, 2.75) is 6.54 Å². The second-order valence-electron chi connectivity index (χ2n) is 5.77. The minimum Gasteiger partial charge on any atom is -0.328 e. The van der Waals surface area contributed by atoms with E-state index < -0.39 is 4.92 Å². The Bertz CT molecular complexity index is 743. The van der Waals surface area contributed by atoms with Crippen LogP contribution in [0.2, 0.25) is 0 Å². The van der Waals surface area contributed by atoms with Gasteiger partial charge in [-0.3, -0.25) is 14.9 Å². The quantitative estimate of drug-likeness (QED) is 0.618. The van der Waals surface area contributed by atoms with Gasteiger partial charge < -0.3 is 9.80 Å². The maximum atomic E-state index is 12.6. The second-order valence-corrected chi connectivity index (χ2v) is 7.41. The number of piperazine rings is 1. The van der Waals surface area contributed by atoms with E-state index >= 15 is 0 Å². The Kier molecular flexibility index (Phi) is 5.27. The van der Waals surface area contributed by atoms with Crippen molar-refractivity contribution in [1.29, 1.82) is 0 Å². The lowest BCUT2D eigenvalue weighted by Crippen LogP contribution is -3.13. The van der Waals surface area contributed by atoms with Crippen molar-refractivity contribution >= 4 is 38.9 Å². The van der Waals surface area contributed by atoms with Crippen LogP contribution in [0.4, 0.5) is 5.69 Å². The Labute approximate surface area is 152 Å². The van der Waals surface area contributed by atoms with E-state index in [1.54, 1.807) is 28.4 Å². The number of nitrogens with one attached hydrogen (secondary N) is 1. The van der Waals surface area contributed by atoms with Gasteiger partial charge in [-0.05, 0) is 44.9 Å². The molecule has 0 bridgehead atoms. The van der Waals surface area contributed by atoms with E-state index in [0.29, 0.717) is 23.1 Å². The maximum Gasteiger partial charge on any atom is 0.284 e. The van der Waals surface area contributed by atoms with E-state index in [0.717, 1.165) is 19.6 Å². The van der Waals surface area contributed by atoms with Gasteiger partial charge in [0.05, 0.1) is 35.6 Å². The first-order valence-electron chi connectivity index (χ1n) is 7.62. The summed E-state index contributed by atoms with van der Waals surface area (Å²) in [5, 5.41) is 15.3. The number of halogens is 1. The van der Waals surface area contributed by atoms with E-state index in [1.807, 2.05) is 0 Å². The minimum atomic E-state index is -0.482. The van der Waals surface area contributed by atoms with Crippen molar-refractivity contribution in [1.82, 2.24) is 4.90 Å². The van der Waals surface area contributed by atoms with Crippen LogP contribution >= 0.6 is 27.3 Å². The zero-order valence-electron chi connectivity index (χ0n) is 12.9. The number of hydrogen-bond acceptors (Lipinski definition) is 4. The van der Waals surface area contributed by atoms with Gasteiger partial charge in [-0.1, -0.05) is 0 Å². The summed E-state index contributed by atoms with van der Waals surface area (Å²) in [5.41, 5.74) is 1.62. The molecular formula is C16H17BrN3O3S+. The van der Waals surface area contributed by atoms with Crippen molar-refractivity contribution in [3.63, 3.8) is 0 Å². The van der Waals surface area contributed by atoms with Gasteiger partial charge in [0, 0.05) is 17.2 Å². The highest BCUT2D eigenvalue weighted by Gasteiger charge is 2.26. The van der Waals surface area contributed by atoms with E-state index in [9.17, 15) is 14.9 Å². The molecule has 1 aromatic carbocycles. The van der Waals surface area contributed by atoms with Crippen LogP contribution in [0, 0.1) is 10.1 Å². The Morgan fingerprint density at radius 2 is 2.08 bits per heavy atom. The van der Waals surface area contributed by atoms with Crippen LogP contribution < -0.4 is 4.90 Å². The lowest BCUT2D eigenvalue weighted by atomic mass is 10.1. The molecule has 1 aliphatic rings. The fraction of sp³-hybridized carbons (Fsp3) is 0.312. The van der Waals surface area contributed by atoms with Gasteiger partial charge in [-0.15, -0.1) is 0 Å². The molecule has 2 aromatic rings. The number of quaternary nitrogens is 1. The summed E-state index contributed by atoms with van der Waals surface area (Å²) in [5.74, 6) is -0.139. The molecular weight excluding hydrogens is 394 g/mol. The van der Waals surface area contributed by atoms with Gasteiger partial charge in [0.2, 0.25) is 0 Å². The summed E-state index contributed by atoms with van der Waals surface area (Å²) < 4.78 is 0.383. The number of nitro benzene ring substituents is 1. The number of carbonyl (C=O) groups is 1. The Morgan fingerprint density at radius 1 is 1.33 bits per heavy atom. The van der Waals surface area contributed by atoms with Crippen LogP contribution in [-0.2, 0) is 6.54 Å². The number of carbonyl (C=O) groups excluding carboxylic acids is 1. The smallest absolute Gasteiger partial charge is 0.284 e. The van der Waals surface area contributed by atoms with Crippen molar-refractivity contribution in [2.75, 3.05) is 26.2 Å². The molecule has 2 heterocycles. The molecule has 1 amide bonds. The highest BCUT2D eigenvalue weighted by molar-refractivity contribution is 9.10. The van der Waals surface area contributed by atoms with Gasteiger partial charge in [-0.25, -0.2) is 0 Å². The SMILES string of the molecule is O=C(c1ccc(Br)c([N+](=O)[O-])c1)N1CC[NH+](Cc2ccsc2)CC1. The Balaban J connectivity index is 1.63. The molecule has 0 radical (unpaired) electrons. The van der Waals surface area contributed by atoms with E-state index in [1.165, 1.54) is 16.5 Å². The molecule has 1 saturated heterocycles. The molecule has 8 heteroatoms. The Morgan fingerprint density at radius 3 is 2.71 bits per heavy atom. The molecule has 0 aliphatic carbocycles. The van der Waals surface area contributed by atoms with Crippen molar-refractivity contribution in [3.05, 3.63) is 60.7 Å². The summed E-state index contributed by atoms with van der Waals surface area (Å²) in [7, 11) is 0. The fourth-order valence-corrected chi connectivity index (χ4v) is 3.91. The molecule has 0 unspecified atom stereocenters. The molecule has 3 rings (SSSR count). The molecule has 24 heavy (non-hydrogen) atoms. The fourth-order valence-electron chi connectivity index (χ4n) is 2.85. The molecule has 1 fully saturated rings. The average molecular weight is 411 g/mol. The second kappa shape index (κ2) is 7.42. The summed E-state index contributed by atoms with van der Waals surface area (Å²) in [6.07, 6.45) is 0. The number of hydrogen-bond donors (Lipinski definition) is 1. The van der Waals surface area contributed by atoms with Gasteiger partial charge >= 0.3 is 0 Å². The predicted molar refractivity (Wildman–Crippen MR) is 95.4 cm³/mol. The molecule has 1 aliphatic heterocycles. The van der Waals surface area contributed by atoms with Gasteiger partial charge in [0.15, 0.2) is 0 Å². The van der Waals surface area contributed by atoms with Crippen LogP contribution in [0.5, 0.6) is 0 Å². The average Bonchev–Trinajstić information content (AvgIpc) is 3.08. The lowest BCUT2D eigenvalue weighted by Gasteiger charge is -2.32. The third kappa shape index (κ3) is 3.82. The first-order chi connectivity index (χ1) is 11.5. The number of nitro groups is 1. The molecule has 1 aromatic heterocycles. The summed E-state index contributed by atoms with van der Waals surface area (Å²) in [6.45, 7) is 4.10. The largest absolute Gasteiger partial charge is 0.328 e. The molecule has 6 nitrogen and oxygen atoms in total. The van der Waals surface area contributed by atoms with Crippen LogP contribution in [0.3, 0.4) is 0 Å². The monoisotopic (exact) mass is 410 g/mol. The highest BCUT2D eigenvalue weighted by atomic mass is 79.9. The summed E-state index contributed by atoms with van der Waals surface area (Å²) >= 11 is 4.84. The van der Waals surface area contributed by atoms with E-state index in [2.05, 4.69) is 32.8 Å². The third-order valence-corrected chi connectivity index (χ3v) is 5.58. The van der Waals surface area contributed by atoms with Gasteiger partial charge in [-0.2, -0.15) is 11.3 Å². The number of rotatable bonds is 4. The van der Waals surface area contributed by atoms with Crippen molar-refractivity contribution in [2.24, 2.45) is 0 Å². The van der Waals surface area contributed by atoms with Crippen molar-refractivity contribution in [3.8, 4) is 0 Å². The minimum absolute atomic E-state index is 0.0810. The summed E-state index contributed by atoms with van der Waals surface area (Å²) in [6, 6.07) is 6.67. The first-order valence-corrected chi connectivity index (χ1v) is 9.36. The third-order valence-electron chi connectivity index (χ3n) is 4.18. The van der Waals surface area contributed by atoms with Crippen LogP contribution in [0.25, 0.3) is 0 Å². The first kappa shape index (κ1) is 17.1. The van der Waals surface area contributed by atoms with Crippen LogP contribution in [-0.4, -0.2) is 41.9 Å². The molecule has 1 N–H and O–H groups in total. The lowest BCUT2D eigenvalue weighted by molar-refractivity contribution is -0.917. The zero-order chi connectivity index (χ0) is 17.1. The van der Waals surface area contributed by atoms with E-state index in [-0.39, 0.29) is 11.6 Å². The molecule has 0 saturated carbocycles. The molecule has 126 valence electrons. The number of benzene rings is 1. The predicted octanol–water partition coefficient (Wildman–Crippen LogP) is 1.96. The van der Waals surface area contributed by atoms with Gasteiger partial charge in [0.1, 0.15) is 6.54 Å². The molecule has 0 spiro atoms. The maximum absolute atomic E-state index is 12.6. The van der Waals surface area contributed by atoms with Crippen LogP contribution in [0.15, 0.2) is 39.5 Å². The van der Waals surface area contributed by atoms with Crippen LogP contribution in [0.1, 0.15) is 15.9 Å². The highest BCUT2D eigenvalue weighted by Crippen LogP contribution is 2.26. The number of thiophene rings is 1. The van der Waals surface area contributed by atoms with E-state index in [4.69, 9.17) is 0 Å². The van der Waals surface area contributed by atoms with Crippen molar-refractivity contribution < 1.29 is 14.6 Å². The number of nitrogens with zero attached hydrogens (tertiary/aromatic N) is 2. The zero-order valence-corrected chi connectivity index (χ0v) is 15.3. The normalized spacial score (nSPS) is 15.5. The topological polar surface area (TPSA) is 67.9 Å². The molecule has 0 atom stereocenters. The standard InChI is InChI=1S/C16H16BrN3O3S/c17-14-2-1-13(9-15(14)20(22)23)16(21)19-6-4-18(5-7-19)10-12-3-8-24-11-12/h1-3,8-9,11H,4-7,10H2/p+1. The number of amides is 1. The van der Waals surface area contributed by atoms with Gasteiger partial charge in [0.25, 0.3) is 11.6 Å². The Hall–Kier alpha value is -1.77.